The van der Waals surface area contributed by atoms with Gasteiger partial charge in [0.1, 0.15) is 5.75 Å². The van der Waals surface area contributed by atoms with Crippen LogP contribution in [0.25, 0.3) is 0 Å². The molecule has 0 saturated carbocycles. The van der Waals surface area contributed by atoms with E-state index in [0.717, 1.165) is 12.1 Å². The van der Waals surface area contributed by atoms with Crippen molar-refractivity contribution >= 4 is 17.4 Å². The first-order chi connectivity index (χ1) is 9.44. The summed E-state index contributed by atoms with van der Waals surface area (Å²) in [4.78, 5) is 0. The Morgan fingerprint density at radius 2 is 2.00 bits per heavy atom. The predicted molar refractivity (Wildman–Crippen MR) is 76.6 cm³/mol. The Kier molecular flexibility index (Phi) is 5.07. The molecule has 0 amide bonds. The molecule has 112 valence electrons. The van der Waals surface area contributed by atoms with Gasteiger partial charge in [0.25, 0.3) is 0 Å². The van der Waals surface area contributed by atoms with Crippen molar-refractivity contribution in [2.24, 2.45) is 0 Å². The summed E-state index contributed by atoms with van der Waals surface area (Å²) in [6.07, 6.45) is -1.98. The van der Waals surface area contributed by atoms with E-state index in [2.05, 4.69) is 17.0 Å². The van der Waals surface area contributed by atoms with Crippen molar-refractivity contribution < 1.29 is 17.9 Å². The van der Waals surface area contributed by atoms with Gasteiger partial charge in [0.05, 0.1) is 0 Å². The maximum Gasteiger partial charge on any atom is 0.422 e. The van der Waals surface area contributed by atoms with Crippen LogP contribution in [-0.4, -0.2) is 29.8 Å². The van der Waals surface area contributed by atoms with E-state index in [1.165, 1.54) is 12.2 Å². The quantitative estimate of drug-likeness (QED) is 0.895. The summed E-state index contributed by atoms with van der Waals surface area (Å²) in [6.45, 7) is 0.943. The highest BCUT2D eigenvalue weighted by Crippen LogP contribution is 2.28. The van der Waals surface area contributed by atoms with E-state index in [9.17, 15) is 13.2 Å². The van der Waals surface area contributed by atoms with E-state index >= 15 is 0 Å². The topological polar surface area (TPSA) is 21.3 Å². The van der Waals surface area contributed by atoms with Crippen molar-refractivity contribution in [1.29, 1.82) is 0 Å². The van der Waals surface area contributed by atoms with Crippen molar-refractivity contribution in [3.8, 4) is 5.75 Å². The van der Waals surface area contributed by atoms with Gasteiger partial charge in [-0.1, -0.05) is 6.92 Å². The fourth-order valence-electron chi connectivity index (χ4n) is 2.14. The minimum absolute atomic E-state index is 0.235. The van der Waals surface area contributed by atoms with Crippen molar-refractivity contribution in [3.63, 3.8) is 0 Å². The summed E-state index contributed by atoms with van der Waals surface area (Å²) >= 11 is 1.95. The average Bonchev–Trinajstić information content (AvgIpc) is 2.40. The highest BCUT2D eigenvalue weighted by molar-refractivity contribution is 8.00. The van der Waals surface area contributed by atoms with Crippen LogP contribution in [0.2, 0.25) is 0 Å². The molecule has 2 nitrogen and oxygen atoms in total. The smallest absolute Gasteiger partial charge is 0.422 e. The van der Waals surface area contributed by atoms with Crippen LogP contribution in [0, 0.1) is 0 Å². The van der Waals surface area contributed by atoms with Crippen LogP contribution in [0.15, 0.2) is 24.3 Å². The maximum absolute atomic E-state index is 12.0. The molecular formula is C14H18F3NOS. The van der Waals surface area contributed by atoms with Gasteiger partial charge in [0, 0.05) is 17.0 Å². The Hall–Kier alpha value is -1.04. The number of anilines is 1. The van der Waals surface area contributed by atoms with E-state index in [-0.39, 0.29) is 5.75 Å². The van der Waals surface area contributed by atoms with Gasteiger partial charge in [0.15, 0.2) is 6.61 Å². The molecule has 1 fully saturated rings. The van der Waals surface area contributed by atoms with E-state index in [0.29, 0.717) is 11.3 Å². The Bertz CT molecular complexity index is 421. The number of halogens is 3. The van der Waals surface area contributed by atoms with Gasteiger partial charge in [-0.15, -0.1) is 0 Å². The fraction of sp³-hybridized carbons (Fsp3) is 0.571. The van der Waals surface area contributed by atoms with Gasteiger partial charge in [-0.2, -0.15) is 24.9 Å². The number of alkyl halides is 3. The lowest BCUT2D eigenvalue weighted by atomic mass is 10.1. The van der Waals surface area contributed by atoms with Crippen molar-refractivity contribution in [1.82, 2.24) is 0 Å². The first kappa shape index (κ1) is 15.4. The average molecular weight is 305 g/mol. The Morgan fingerprint density at radius 1 is 1.30 bits per heavy atom. The van der Waals surface area contributed by atoms with Crippen LogP contribution in [-0.2, 0) is 0 Å². The third kappa shape index (κ3) is 4.81. The number of hydrogen-bond acceptors (Lipinski definition) is 3. The van der Waals surface area contributed by atoms with Crippen molar-refractivity contribution in [3.05, 3.63) is 24.3 Å². The molecule has 0 spiro atoms. The van der Waals surface area contributed by atoms with Gasteiger partial charge in [-0.3, -0.25) is 0 Å². The van der Waals surface area contributed by atoms with Gasteiger partial charge in [-0.25, -0.2) is 0 Å². The molecule has 2 unspecified atom stereocenters. The standard InChI is InChI=1S/C14H18F3NOS/c1-10-13(3-2-8-20-10)18-11-4-6-12(7-5-11)19-9-14(15,16)17/h4-7,10,13,18H,2-3,8-9H2,1H3. The van der Waals surface area contributed by atoms with Crippen LogP contribution in [0.4, 0.5) is 18.9 Å². The highest BCUT2D eigenvalue weighted by atomic mass is 32.2. The van der Waals surface area contributed by atoms with E-state index in [1.54, 1.807) is 24.3 Å². The summed E-state index contributed by atoms with van der Waals surface area (Å²) in [5.41, 5.74) is 0.920. The molecule has 1 saturated heterocycles. The molecular weight excluding hydrogens is 287 g/mol. The minimum Gasteiger partial charge on any atom is -0.484 e. The van der Waals surface area contributed by atoms with Crippen LogP contribution in [0.1, 0.15) is 19.8 Å². The van der Waals surface area contributed by atoms with Crippen molar-refractivity contribution in [2.45, 2.75) is 37.2 Å². The molecule has 0 aliphatic carbocycles. The summed E-state index contributed by atoms with van der Waals surface area (Å²) < 4.78 is 40.8. The highest BCUT2D eigenvalue weighted by Gasteiger charge is 2.28. The first-order valence-corrected chi connectivity index (χ1v) is 7.67. The summed E-state index contributed by atoms with van der Waals surface area (Å²) in [5, 5.41) is 3.98. The number of hydrogen-bond donors (Lipinski definition) is 1. The zero-order chi connectivity index (χ0) is 14.6. The lowest BCUT2D eigenvalue weighted by Crippen LogP contribution is -2.32. The van der Waals surface area contributed by atoms with Crippen LogP contribution < -0.4 is 10.1 Å². The Labute approximate surface area is 121 Å². The fourth-order valence-corrected chi connectivity index (χ4v) is 3.28. The lowest BCUT2D eigenvalue weighted by molar-refractivity contribution is -0.153. The number of ether oxygens (including phenoxy) is 1. The molecule has 0 aromatic heterocycles. The maximum atomic E-state index is 12.0. The second-order valence-electron chi connectivity index (χ2n) is 4.90. The summed E-state index contributed by atoms with van der Waals surface area (Å²) in [7, 11) is 0. The Morgan fingerprint density at radius 3 is 2.60 bits per heavy atom. The molecule has 1 heterocycles. The van der Waals surface area contributed by atoms with Gasteiger partial charge in [-0.05, 0) is 42.9 Å². The third-order valence-corrected chi connectivity index (χ3v) is 4.59. The molecule has 2 atom stereocenters. The van der Waals surface area contributed by atoms with Gasteiger partial charge in [0.2, 0.25) is 0 Å². The SMILES string of the molecule is CC1SCCCC1Nc1ccc(OCC(F)(F)F)cc1. The van der Waals surface area contributed by atoms with Gasteiger partial charge < -0.3 is 10.1 Å². The number of thioether (sulfide) groups is 1. The zero-order valence-corrected chi connectivity index (χ0v) is 12.1. The molecule has 2 rings (SSSR count). The van der Waals surface area contributed by atoms with E-state index in [4.69, 9.17) is 0 Å². The van der Waals surface area contributed by atoms with E-state index < -0.39 is 12.8 Å². The number of rotatable bonds is 4. The molecule has 1 N–H and O–H groups in total. The summed E-state index contributed by atoms with van der Waals surface area (Å²) in [5.74, 6) is 1.43. The normalized spacial score (nSPS) is 23.4. The molecule has 0 bridgehead atoms. The molecule has 1 aliphatic heterocycles. The molecule has 6 heteroatoms. The third-order valence-electron chi connectivity index (χ3n) is 3.22. The van der Waals surface area contributed by atoms with Crippen LogP contribution >= 0.6 is 11.8 Å². The van der Waals surface area contributed by atoms with Crippen LogP contribution in [0.3, 0.4) is 0 Å². The first-order valence-electron chi connectivity index (χ1n) is 6.62. The number of benzene rings is 1. The zero-order valence-electron chi connectivity index (χ0n) is 11.2. The second-order valence-corrected chi connectivity index (χ2v) is 6.38. The number of nitrogens with one attached hydrogen (secondary N) is 1. The second kappa shape index (κ2) is 6.61. The van der Waals surface area contributed by atoms with Gasteiger partial charge >= 0.3 is 6.18 Å². The predicted octanol–water partition coefficient (Wildman–Crippen LogP) is 4.32. The van der Waals surface area contributed by atoms with Crippen LogP contribution in [0.5, 0.6) is 5.75 Å². The monoisotopic (exact) mass is 305 g/mol. The molecule has 0 radical (unpaired) electrons. The van der Waals surface area contributed by atoms with E-state index in [1.807, 2.05) is 11.8 Å². The lowest BCUT2D eigenvalue weighted by Gasteiger charge is -2.30. The molecule has 1 aliphatic rings. The minimum atomic E-state index is -4.30. The largest absolute Gasteiger partial charge is 0.484 e. The molecule has 20 heavy (non-hydrogen) atoms. The molecule has 1 aromatic rings. The summed E-state index contributed by atoms with van der Waals surface area (Å²) in [6, 6.07) is 7.06. The Balaban J connectivity index is 1.88. The van der Waals surface area contributed by atoms with Crippen molar-refractivity contribution in [2.75, 3.05) is 17.7 Å². The molecule has 1 aromatic carbocycles.